The highest BCUT2D eigenvalue weighted by atomic mass is 35.5. The van der Waals surface area contributed by atoms with Gasteiger partial charge in [0.15, 0.2) is 5.65 Å². The molecule has 0 saturated carbocycles. The summed E-state index contributed by atoms with van der Waals surface area (Å²) in [7, 11) is 1.86. The van der Waals surface area contributed by atoms with Crippen molar-refractivity contribution in [3.8, 4) is 0 Å². The first kappa shape index (κ1) is 15.7. The smallest absolute Gasteiger partial charge is 0.267 e. The highest BCUT2D eigenvalue weighted by Crippen LogP contribution is 2.22. The van der Waals surface area contributed by atoms with E-state index in [0.29, 0.717) is 23.7 Å². The number of benzene rings is 1. The lowest BCUT2D eigenvalue weighted by Crippen LogP contribution is -2.27. The van der Waals surface area contributed by atoms with Crippen molar-refractivity contribution in [1.29, 1.82) is 0 Å². The summed E-state index contributed by atoms with van der Waals surface area (Å²) in [5, 5.41) is 12.9. The number of hydrogen-bond donors (Lipinski definition) is 1. The van der Waals surface area contributed by atoms with E-state index >= 15 is 0 Å². The minimum Gasteiger partial charge on any atom is -0.350 e. The molecule has 7 heteroatoms. The van der Waals surface area contributed by atoms with Gasteiger partial charge in [-0.05, 0) is 30.3 Å². The van der Waals surface area contributed by atoms with Gasteiger partial charge < -0.3 is 9.88 Å². The lowest BCUT2D eigenvalue weighted by atomic mass is 10.2. The van der Waals surface area contributed by atoms with Crippen LogP contribution in [0, 0.1) is 0 Å². The molecule has 0 bridgehead atoms. The largest absolute Gasteiger partial charge is 0.350 e. The molecule has 1 aromatic carbocycles. The minimum absolute atomic E-state index is 0.122. The van der Waals surface area contributed by atoms with Gasteiger partial charge in [-0.2, -0.15) is 0 Å². The number of hydrogen-bond acceptors (Lipinski definition) is 3. The first-order valence-corrected chi connectivity index (χ1v) is 8.33. The molecule has 0 aliphatic rings. The Kier molecular flexibility index (Phi) is 3.89. The fraction of sp³-hybridized carbons (Fsp3) is 0.167. The first-order chi connectivity index (χ1) is 12.1. The van der Waals surface area contributed by atoms with E-state index < -0.39 is 0 Å². The van der Waals surface area contributed by atoms with Gasteiger partial charge in [0.2, 0.25) is 0 Å². The van der Waals surface area contributed by atoms with E-state index in [1.165, 1.54) is 0 Å². The molecule has 4 aromatic rings. The molecule has 25 heavy (non-hydrogen) atoms. The van der Waals surface area contributed by atoms with Crippen molar-refractivity contribution < 1.29 is 4.79 Å². The molecule has 4 rings (SSSR count). The maximum absolute atomic E-state index is 12.5. The maximum Gasteiger partial charge on any atom is 0.267 e. The summed E-state index contributed by atoms with van der Waals surface area (Å²) in [5.41, 5.74) is 2.33. The van der Waals surface area contributed by atoms with Crippen LogP contribution in [0.5, 0.6) is 0 Å². The number of fused-ring (bicyclic) bond motifs is 2. The third kappa shape index (κ3) is 2.85. The van der Waals surface area contributed by atoms with Crippen molar-refractivity contribution in [3.63, 3.8) is 0 Å². The van der Waals surface area contributed by atoms with Crippen LogP contribution in [0.1, 0.15) is 16.3 Å². The van der Waals surface area contributed by atoms with Gasteiger partial charge >= 0.3 is 0 Å². The fourth-order valence-corrected chi connectivity index (χ4v) is 3.13. The summed E-state index contributed by atoms with van der Waals surface area (Å²) in [4.78, 5) is 12.5. The normalized spacial score (nSPS) is 11.3. The fourth-order valence-electron chi connectivity index (χ4n) is 2.96. The Balaban J connectivity index is 1.48. The van der Waals surface area contributed by atoms with Gasteiger partial charge in [0.05, 0.1) is 0 Å². The van der Waals surface area contributed by atoms with E-state index in [9.17, 15) is 4.79 Å². The predicted octanol–water partition coefficient (Wildman–Crippen LogP) is 2.85. The van der Waals surface area contributed by atoms with Gasteiger partial charge in [0.1, 0.15) is 11.5 Å². The van der Waals surface area contributed by atoms with Gasteiger partial charge in [0.25, 0.3) is 5.91 Å². The zero-order valence-corrected chi connectivity index (χ0v) is 14.4. The van der Waals surface area contributed by atoms with Crippen LogP contribution in [0.2, 0.25) is 5.02 Å². The molecular formula is C18H16ClN5O. The van der Waals surface area contributed by atoms with E-state index in [4.69, 9.17) is 11.6 Å². The second-order valence-corrected chi connectivity index (χ2v) is 6.28. The van der Waals surface area contributed by atoms with Gasteiger partial charge in [-0.3, -0.25) is 9.20 Å². The Morgan fingerprint density at radius 3 is 2.96 bits per heavy atom. The van der Waals surface area contributed by atoms with Crippen LogP contribution in [-0.4, -0.2) is 31.6 Å². The van der Waals surface area contributed by atoms with Crippen LogP contribution >= 0.6 is 11.6 Å². The number of nitrogens with zero attached hydrogens (tertiary/aromatic N) is 4. The first-order valence-electron chi connectivity index (χ1n) is 7.95. The quantitative estimate of drug-likeness (QED) is 0.613. The molecule has 0 aliphatic carbocycles. The van der Waals surface area contributed by atoms with E-state index in [1.807, 2.05) is 64.7 Å². The van der Waals surface area contributed by atoms with Crippen LogP contribution in [0.25, 0.3) is 16.6 Å². The number of halogens is 1. The van der Waals surface area contributed by atoms with Crippen LogP contribution in [0.4, 0.5) is 0 Å². The van der Waals surface area contributed by atoms with Gasteiger partial charge in [0, 0.05) is 42.1 Å². The van der Waals surface area contributed by atoms with E-state index in [-0.39, 0.29) is 5.91 Å². The summed E-state index contributed by atoms with van der Waals surface area (Å²) < 4.78 is 3.77. The van der Waals surface area contributed by atoms with Crippen molar-refractivity contribution in [1.82, 2.24) is 24.5 Å². The number of nitrogens with one attached hydrogen (secondary N) is 1. The number of amides is 1. The third-order valence-electron chi connectivity index (χ3n) is 4.26. The molecule has 1 amide bonds. The van der Waals surface area contributed by atoms with Crippen molar-refractivity contribution in [2.75, 3.05) is 6.54 Å². The lowest BCUT2D eigenvalue weighted by Gasteiger charge is -2.06. The number of aryl methyl sites for hydroxylation is 1. The number of carbonyl (C=O) groups is 1. The van der Waals surface area contributed by atoms with Crippen LogP contribution in [0.15, 0.2) is 48.7 Å². The van der Waals surface area contributed by atoms with Crippen molar-refractivity contribution in [3.05, 3.63) is 65.2 Å². The molecule has 6 nitrogen and oxygen atoms in total. The SMILES string of the molecule is Cn1c(C(=O)NCCc2nnc3ccccn23)cc2ccc(Cl)cc21. The van der Waals surface area contributed by atoms with E-state index in [2.05, 4.69) is 15.5 Å². The highest BCUT2D eigenvalue weighted by molar-refractivity contribution is 6.31. The Labute approximate surface area is 149 Å². The van der Waals surface area contributed by atoms with Gasteiger partial charge in [-0.1, -0.05) is 23.7 Å². The zero-order valence-electron chi connectivity index (χ0n) is 13.6. The molecule has 0 fully saturated rings. The topological polar surface area (TPSA) is 64.2 Å². The standard InChI is InChI=1S/C18H16ClN5O/c1-23-14-11-13(19)6-5-12(14)10-15(23)18(25)20-8-7-17-22-21-16-4-2-3-9-24(16)17/h2-6,9-11H,7-8H2,1H3,(H,20,25). The molecule has 3 heterocycles. The molecule has 0 spiro atoms. The number of carbonyl (C=O) groups excluding carboxylic acids is 1. The third-order valence-corrected chi connectivity index (χ3v) is 4.49. The molecule has 126 valence electrons. The van der Waals surface area contributed by atoms with Crippen LogP contribution in [-0.2, 0) is 13.5 Å². The minimum atomic E-state index is -0.122. The van der Waals surface area contributed by atoms with E-state index in [0.717, 1.165) is 22.4 Å². The van der Waals surface area contributed by atoms with Gasteiger partial charge in [-0.15, -0.1) is 10.2 Å². The summed E-state index contributed by atoms with van der Waals surface area (Å²) in [6, 6.07) is 13.2. The molecule has 0 aliphatic heterocycles. The predicted molar refractivity (Wildman–Crippen MR) is 97.0 cm³/mol. The Hall–Kier alpha value is -2.86. The van der Waals surface area contributed by atoms with E-state index in [1.54, 1.807) is 0 Å². The Morgan fingerprint density at radius 1 is 1.20 bits per heavy atom. The summed E-state index contributed by atoms with van der Waals surface area (Å²) >= 11 is 6.04. The van der Waals surface area contributed by atoms with Gasteiger partial charge in [-0.25, -0.2) is 0 Å². The maximum atomic E-state index is 12.5. The number of aromatic nitrogens is 4. The van der Waals surface area contributed by atoms with Crippen molar-refractivity contribution >= 4 is 34.1 Å². The monoisotopic (exact) mass is 353 g/mol. The lowest BCUT2D eigenvalue weighted by molar-refractivity contribution is 0.0946. The second kappa shape index (κ2) is 6.22. The van der Waals surface area contributed by atoms with Crippen molar-refractivity contribution in [2.45, 2.75) is 6.42 Å². The molecule has 3 aromatic heterocycles. The Morgan fingerprint density at radius 2 is 2.08 bits per heavy atom. The second-order valence-electron chi connectivity index (χ2n) is 5.84. The molecule has 0 saturated heterocycles. The molecule has 0 unspecified atom stereocenters. The van der Waals surface area contributed by atoms with Crippen molar-refractivity contribution in [2.24, 2.45) is 7.05 Å². The van der Waals surface area contributed by atoms with Crippen LogP contribution in [0.3, 0.4) is 0 Å². The number of pyridine rings is 1. The summed E-state index contributed by atoms with van der Waals surface area (Å²) in [6.45, 7) is 0.483. The zero-order chi connectivity index (χ0) is 17.4. The molecule has 0 radical (unpaired) electrons. The molecule has 0 atom stereocenters. The average Bonchev–Trinajstić information content (AvgIpc) is 3.17. The Bertz CT molecular complexity index is 1080. The summed E-state index contributed by atoms with van der Waals surface area (Å²) in [6.07, 6.45) is 2.52. The highest BCUT2D eigenvalue weighted by Gasteiger charge is 2.13. The summed E-state index contributed by atoms with van der Waals surface area (Å²) in [5.74, 6) is 0.698. The van der Waals surface area contributed by atoms with Crippen LogP contribution < -0.4 is 5.32 Å². The molecule has 1 N–H and O–H groups in total. The molecular weight excluding hydrogens is 338 g/mol. The number of rotatable bonds is 4. The average molecular weight is 354 g/mol.